The van der Waals surface area contributed by atoms with Crippen molar-refractivity contribution in [1.29, 1.82) is 0 Å². The quantitative estimate of drug-likeness (QED) is 0.335. The summed E-state index contributed by atoms with van der Waals surface area (Å²) in [5, 5.41) is 2.76. The molecule has 0 bridgehead atoms. The first-order valence-electron chi connectivity index (χ1n) is 10.6. The number of carbonyl (C=O) groups is 2. The SMILES string of the molecule is Cc1cc(C(=O)COC(=O)Cn2[nH]c(=O)c3ccccc3c2=O)c(C)n1Cc1ccc(F)cc1. The van der Waals surface area contributed by atoms with Crippen LogP contribution in [0.25, 0.3) is 10.8 Å². The van der Waals surface area contributed by atoms with Crippen LogP contribution in [0.4, 0.5) is 4.39 Å². The van der Waals surface area contributed by atoms with Gasteiger partial charge in [0.15, 0.2) is 6.61 Å². The van der Waals surface area contributed by atoms with Gasteiger partial charge in [0.05, 0.1) is 10.8 Å². The van der Waals surface area contributed by atoms with E-state index in [9.17, 15) is 23.6 Å². The minimum Gasteiger partial charge on any atom is -0.456 e. The topological polar surface area (TPSA) is 103 Å². The van der Waals surface area contributed by atoms with Gasteiger partial charge in [-0.1, -0.05) is 24.3 Å². The normalized spacial score (nSPS) is 11.0. The highest BCUT2D eigenvalue weighted by atomic mass is 19.1. The fourth-order valence-electron chi connectivity index (χ4n) is 3.86. The molecule has 0 saturated carbocycles. The molecule has 9 heteroatoms. The van der Waals surface area contributed by atoms with E-state index in [0.717, 1.165) is 15.9 Å². The van der Waals surface area contributed by atoms with Crippen LogP contribution in [0.1, 0.15) is 27.3 Å². The van der Waals surface area contributed by atoms with E-state index in [1.165, 1.54) is 24.3 Å². The minimum atomic E-state index is -0.832. The minimum absolute atomic E-state index is 0.184. The Morgan fingerprint density at radius 1 is 1.00 bits per heavy atom. The Kier molecular flexibility index (Phi) is 6.27. The molecule has 2 aromatic carbocycles. The van der Waals surface area contributed by atoms with Gasteiger partial charge in [-0.2, -0.15) is 0 Å². The van der Waals surface area contributed by atoms with Gasteiger partial charge in [-0.15, -0.1) is 0 Å². The number of Topliss-reactive ketones (excluding diaryl/α,β-unsaturated/α-hetero) is 1. The van der Waals surface area contributed by atoms with Crippen molar-refractivity contribution in [3.8, 4) is 0 Å². The van der Waals surface area contributed by atoms with Crippen molar-refractivity contribution in [2.75, 3.05) is 6.61 Å². The largest absolute Gasteiger partial charge is 0.456 e. The fourth-order valence-corrected chi connectivity index (χ4v) is 3.86. The van der Waals surface area contributed by atoms with Gasteiger partial charge in [-0.05, 0) is 49.7 Å². The van der Waals surface area contributed by atoms with Gasteiger partial charge < -0.3 is 9.30 Å². The summed E-state index contributed by atoms with van der Waals surface area (Å²) in [7, 11) is 0. The number of rotatable bonds is 7. The summed E-state index contributed by atoms with van der Waals surface area (Å²) in [5.41, 5.74) is 1.76. The molecular weight excluding hydrogens is 441 g/mol. The molecule has 0 unspecified atom stereocenters. The smallest absolute Gasteiger partial charge is 0.328 e. The maximum Gasteiger partial charge on any atom is 0.328 e. The number of aromatic nitrogens is 3. The first kappa shape index (κ1) is 22.9. The molecule has 0 aliphatic heterocycles. The molecule has 0 fully saturated rings. The summed E-state index contributed by atoms with van der Waals surface area (Å²) in [6, 6.07) is 14.1. The van der Waals surface area contributed by atoms with Gasteiger partial charge in [-0.25, -0.2) is 9.07 Å². The number of esters is 1. The molecule has 0 atom stereocenters. The molecule has 0 aliphatic carbocycles. The number of aryl methyl sites for hydroxylation is 1. The van der Waals surface area contributed by atoms with E-state index in [1.54, 1.807) is 37.3 Å². The van der Waals surface area contributed by atoms with Crippen LogP contribution in [0.2, 0.25) is 0 Å². The summed E-state index contributed by atoms with van der Waals surface area (Å²) in [4.78, 5) is 49.7. The molecule has 2 aromatic heterocycles. The lowest BCUT2D eigenvalue weighted by atomic mass is 10.1. The Hall–Kier alpha value is -4.27. The van der Waals surface area contributed by atoms with Gasteiger partial charge in [0.25, 0.3) is 11.1 Å². The van der Waals surface area contributed by atoms with Gasteiger partial charge in [-0.3, -0.25) is 24.3 Å². The highest BCUT2D eigenvalue weighted by molar-refractivity contribution is 5.99. The molecule has 174 valence electrons. The first-order chi connectivity index (χ1) is 16.2. The monoisotopic (exact) mass is 463 g/mol. The number of carbonyl (C=O) groups excluding carboxylic acids is 2. The van der Waals surface area contributed by atoms with Crippen LogP contribution in [-0.4, -0.2) is 32.7 Å². The number of fused-ring (bicyclic) bond motifs is 1. The Labute approximate surface area is 193 Å². The average molecular weight is 463 g/mol. The third kappa shape index (κ3) is 4.59. The number of aromatic amines is 1. The van der Waals surface area contributed by atoms with E-state index in [0.29, 0.717) is 17.8 Å². The van der Waals surface area contributed by atoms with Gasteiger partial charge >= 0.3 is 5.97 Å². The standard InChI is InChI=1S/C25H22FN3O5/c1-15-11-21(16(2)28(15)12-17-7-9-18(26)10-8-17)22(30)14-34-23(31)13-29-25(33)20-6-4-3-5-19(20)24(32)27-29/h3-11H,12-14H2,1-2H3,(H,27,32). The zero-order chi connectivity index (χ0) is 24.4. The van der Waals surface area contributed by atoms with E-state index in [1.807, 2.05) is 11.5 Å². The number of benzene rings is 2. The van der Waals surface area contributed by atoms with Crippen molar-refractivity contribution in [2.24, 2.45) is 0 Å². The van der Waals surface area contributed by atoms with Crippen molar-refractivity contribution in [3.05, 3.63) is 104 Å². The Bertz CT molecular complexity index is 1510. The number of hydrogen-bond donors (Lipinski definition) is 1. The second kappa shape index (κ2) is 9.30. The van der Waals surface area contributed by atoms with Crippen LogP contribution < -0.4 is 11.1 Å². The van der Waals surface area contributed by atoms with Crippen LogP contribution in [0.15, 0.2) is 64.2 Å². The summed E-state index contributed by atoms with van der Waals surface area (Å²) in [6.07, 6.45) is 0. The van der Waals surface area contributed by atoms with Crippen molar-refractivity contribution in [3.63, 3.8) is 0 Å². The number of nitrogens with one attached hydrogen (secondary N) is 1. The van der Waals surface area contributed by atoms with E-state index < -0.39 is 36.0 Å². The van der Waals surface area contributed by atoms with Gasteiger partial charge in [0, 0.05) is 23.5 Å². The summed E-state index contributed by atoms with van der Waals surface area (Å²) in [6.45, 7) is 3.05. The molecule has 0 saturated heterocycles. The lowest BCUT2D eigenvalue weighted by Crippen LogP contribution is -2.33. The molecule has 0 spiro atoms. The number of ketones is 1. The van der Waals surface area contributed by atoms with Crippen molar-refractivity contribution in [2.45, 2.75) is 26.9 Å². The number of H-pyrrole nitrogens is 1. The highest BCUT2D eigenvalue weighted by Crippen LogP contribution is 2.18. The number of halogens is 1. The van der Waals surface area contributed by atoms with E-state index in [2.05, 4.69) is 5.10 Å². The molecule has 1 N–H and O–H groups in total. The zero-order valence-corrected chi connectivity index (χ0v) is 18.6. The number of ether oxygens (including phenoxy) is 1. The summed E-state index contributed by atoms with van der Waals surface area (Å²) < 4.78 is 21.0. The van der Waals surface area contributed by atoms with Crippen LogP contribution in [0.3, 0.4) is 0 Å². The highest BCUT2D eigenvalue weighted by Gasteiger charge is 2.18. The first-order valence-corrected chi connectivity index (χ1v) is 10.6. The third-order valence-corrected chi connectivity index (χ3v) is 5.66. The average Bonchev–Trinajstić information content (AvgIpc) is 3.10. The van der Waals surface area contributed by atoms with Gasteiger partial charge in [0.1, 0.15) is 12.4 Å². The van der Waals surface area contributed by atoms with Crippen LogP contribution in [-0.2, 0) is 22.6 Å². The predicted molar refractivity (Wildman–Crippen MR) is 124 cm³/mol. The van der Waals surface area contributed by atoms with Crippen LogP contribution >= 0.6 is 0 Å². The fraction of sp³-hybridized carbons (Fsp3) is 0.200. The van der Waals surface area contributed by atoms with Crippen molar-refractivity contribution in [1.82, 2.24) is 14.3 Å². The molecule has 0 aliphatic rings. The van der Waals surface area contributed by atoms with Crippen molar-refractivity contribution < 1.29 is 18.7 Å². The van der Waals surface area contributed by atoms with E-state index in [4.69, 9.17) is 4.74 Å². The number of nitrogens with zero attached hydrogens (tertiary/aromatic N) is 2. The summed E-state index contributed by atoms with van der Waals surface area (Å²) >= 11 is 0. The molecule has 2 heterocycles. The maximum absolute atomic E-state index is 13.2. The molecule has 0 radical (unpaired) electrons. The molecule has 34 heavy (non-hydrogen) atoms. The lowest BCUT2D eigenvalue weighted by molar-refractivity contribution is -0.143. The zero-order valence-electron chi connectivity index (χ0n) is 18.6. The molecule has 4 rings (SSSR count). The Morgan fingerprint density at radius 3 is 2.38 bits per heavy atom. The number of hydrogen-bond acceptors (Lipinski definition) is 5. The van der Waals surface area contributed by atoms with E-state index in [-0.39, 0.29) is 16.6 Å². The molecule has 8 nitrogen and oxygen atoms in total. The Balaban J connectivity index is 1.44. The van der Waals surface area contributed by atoms with Gasteiger partial charge in [0.2, 0.25) is 5.78 Å². The summed E-state index contributed by atoms with van der Waals surface area (Å²) in [5.74, 6) is -1.55. The Morgan fingerprint density at radius 2 is 1.68 bits per heavy atom. The lowest BCUT2D eigenvalue weighted by Gasteiger charge is -2.10. The predicted octanol–water partition coefficient (Wildman–Crippen LogP) is 2.72. The maximum atomic E-state index is 13.2. The molecule has 4 aromatic rings. The molecular formula is C25H22FN3O5. The second-order valence-electron chi connectivity index (χ2n) is 7.96. The van der Waals surface area contributed by atoms with Crippen molar-refractivity contribution >= 4 is 22.5 Å². The second-order valence-corrected chi connectivity index (χ2v) is 7.96. The molecule has 0 amide bonds. The third-order valence-electron chi connectivity index (χ3n) is 5.66. The van der Waals surface area contributed by atoms with Crippen LogP contribution in [0.5, 0.6) is 0 Å². The van der Waals surface area contributed by atoms with E-state index >= 15 is 0 Å². The van der Waals surface area contributed by atoms with Crippen LogP contribution in [0, 0.1) is 19.7 Å².